The third-order valence-corrected chi connectivity index (χ3v) is 6.83. The van der Waals surface area contributed by atoms with Crippen LogP contribution in [0.15, 0.2) is 24.3 Å². The van der Waals surface area contributed by atoms with Gasteiger partial charge in [0.25, 0.3) is 0 Å². The van der Waals surface area contributed by atoms with Crippen molar-refractivity contribution in [3.8, 4) is 0 Å². The van der Waals surface area contributed by atoms with Gasteiger partial charge in [0.1, 0.15) is 0 Å². The predicted octanol–water partition coefficient (Wildman–Crippen LogP) is 9.22. The van der Waals surface area contributed by atoms with Crippen molar-refractivity contribution >= 4 is 0 Å². The SMILES string of the molecule is CCCCCCCCCC1CCC(c2ccc(CCCCCC)cc2)CC1. The van der Waals surface area contributed by atoms with Gasteiger partial charge in [0, 0.05) is 0 Å². The fourth-order valence-corrected chi connectivity index (χ4v) is 4.89. The van der Waals surface area contributed by atoms with Crippen LogP contribution in [0, 0.1) is 5.92 Å². The molecule has 1 aliphatic carbocycles. The van der Waals surface area contributed by atoms with Crippen LogP contribution in [0.1, 0.15) is 134 Å². The minimum atomic E-state index is 0.837. The van der Waals surface area contributed by atoms with Crippen LogP contribution < -0.4 is 0 Å². The van der Waals surface area contributed by atoms with Crippen LogP contribution in [-0.4, -0.2) is 0 Å². The number of unbranched alkanes of at least 4 members (excludes halogenated alkanes) is 9. The zero-order valence-corrected chi connectivity index (χ0v) is 18.5. The smallest absolute Gasteiger partial charge is 0.0162 e. The van der Waals surface area contributed by atoms with Gasteiger partial charge < -0.3 is 0 Å². The summed E-state index contributed by atoms with van der Waals surface area (Å²) >= 11 is 0. The van der Waals surface area contributed by atoms with Crippen LogP contribution in [0.4, 0.5) is 0 Å². The largest absolute Gasteiger partial charge is 0.0654 e. The predicted molar refractivity (Wildman–Crippen MR) is 122 cm³/mol. The van der Waals surface area contributed by atoms with Gasteiger partial charge in [0.2, 0.25) is 0 Å². The lowest BCUT2D eigenvalue weighted by molar-refractivity contribution is 0.301. The number of benzene rings is 1. The minimum Gasteiger partial charge on any atom is -0.0654 e. The van der Waals surface area contributed by atoms with E-state index in [1.165, 1.54) is 109 Å². The molecule has 0 aromatic heterocycles. The molecular weight excluding hydrogens is 324 g/mol. The molecule has 0 atom stereocenters. The van der Waals surface area contributed by atoms with Crippen LogP contribution in [0.2, 0.25) is 0 Å². The summed E-state index contributed by atoms with van der Waals surface area (Å²) in [5.41, 5.74) is 3.16. The summed E-state index contributed by atoms with van der Waals surface area (Å²) < 4.78 is 0. The van der Waals surface area contributed by atoms with Crippen molar-refractivity contribution in [3.63, 3.8) is 0 Å². The summed E-state index contributed by atoms with van der Waals surface area (Å²) in [6, 6.07) is 9.70. The van der Waals surface area contributed by atoms with E-state index in [2.05, 4.69) is 38.1 Å². The molecule has 1 saturated carbocycles. The van der Waals surface area contributed by atoms with E-state index in [4.69, 9.17) is 0 Å². The average Bonchev–Trinajstić information content (AvgIpc) is 2.71. The van der Waals surface area contributed by atoms with Gasteiger partial charge in [0.15, 0.2) is 0 Å². The van der Waals surface area contributed by atoms with Gasteiger partial charge in [-0.05, 0) is 61.5 Å². The van der Waals surface area contributed by atoms with Crippen LogP contribution in [0.5, 0.6) is 0 Å². The van der Waals surface area contributed by atoms with Gasteiger partial charge in [-0.2, -0.15) is 0 Å². The van der Waals surface area contributed by atoms with E-state index in [0.29, 0.717) is 0 Å². The molecule has 154 valence electrons. The highest BCUT2D eigenvalue weighted by Gasteiger charge is 2.21. The normalized spacial score (nSPS) is 20.1. The second kappa shape index (κ2) is 14.3. The zero-order chi connectivity index (χ0) is 19.2. The molecule has 0 heteroatoms. The Labute approximate surface area is 170 Å². The third kappa shape index (κ3) is 9.31. The van der Waals surface area contributed by atoms with E-state index in [1.54, 1.807) is 11.1 Å². The summed E-state index contributed by atoms with van der Waals surface area (Å²) in [4.78, 5) is 0. The molecule has 0 nitrogen and oxygen atoms in total. The Morgan fingerprint density at radius 1 is 0.630 bits per heavy atom. The van der Waals surface area contributed by atoms with Gasteiger partial charge >= 0.3 is 0 Å². The van der Waals surface area contributed by atoms with E-state index in [1.807, 2.05) is 0 Å². The van der Waals surface area contributed by atoms with Gasteiger partial charge in [-0.15, -0.1) is 0 Å². The fraction of sp³-hybridized carbons (Fsp3) is 0.778. The molecule has 1 aromatic carbocycles. The van der Waals surface area contributed by atoms with Crippen LogP contribution in [0.25, 0.3) is 0 Å². The highest BCUT2D eigenvalue weighted by molar-refractivity contribution is 5.25. The van der Waals surface area contributed by atoms with Crippen molar-refractivity contribution in [2.75, 3.05) is 0 Å². The van der Waals surface area contributed by atoms with Crippen molar-refractivity contribution in [3.05, 3.63) is 35.4 Å². The monoisotopic (exact) mass is 370 g/mol. The summed E-state index contributed by atoms with van der Waals surface area (Å²) in [6.07, 6.45) is 24.2. The van der Waals surface area contributed by atoms with Gasteiger partial charge in [-0.25, -0.2) is 0 Å². The molecular formula is C27H46. The van der Waals surface area contributed by atoms with Crippen molar-refractivity contribution in [1.29, 1.82) is 0 Å². The summed E-state index contributed by atoms with van der Waals surface area (Å²) in [6.45, 7) is 4.59. The molecule has 1 fully saturated rings. The fourth-order valence-electron chi connectivity index (χ4n) is 4.89. The molecule has 0 amide bonds. The highest BCUT2D eigenvalue weighted by atomic mass is 14.3. The number of rotatable bonds is 14. The maximum atomic E-state index is 2.44. The maximum absolute atomic E-state index is 2.44. The van der Waals surface area contributed by atoms with Crippen molar-refractivity contribution in [2.24, 2.45) is 5.92 Å². The van der Waals surface area contributed by atoms with Crippen LogP contribution in [0.3, 0.4) is 0 Å². The Morgan fingerprint density at radius 2 is 1.19 bits per heavy atom. The van der Waals surface area contributed by atoms with Gasteiger partial charge in [0.05, 0.1) is 0 Å². The summed E-state index contributed by atoms with van der Waals surface area (Å²) in [7, 11) is 0. The Bertz CT molecular complexity index is 449. The maximum Gasteiger partial charge on any atom is -0.0162 e. The van der Waals surface area contributed by atoms with Crippen LogP contribution in [-0.2, 0) is 6.42 Å². The van der Waals surface area contributed by atoms with Gasteiger partial charge in [-0.3, -0.25) is 0 Å². The minimum absolute atomic E-state index is 0.837. The first-order chi connectivity index (χ1) is 13.3. The van der Waals surface area contributed by atoms with E-state index >= 15 is 0 Å². The molecule has 27 heavy (non-hydrogen) atoms. The topological polar surface area (TPSA) is 0 Å². The van der Waals surface area contributed by atoms with E-state index < -0.39 is 0 Å². The average molecular weight is 371 g/mol. The Morgan fingerprint density at radius 3 is 1.81 bits per heavy atom. The van der Waals surface area contributed by atoms with E-state index in [9.17, 15) is 0 Å². The Balaban J connectivity index is 1.58. The lowest BCUT2D eigenvalue weighted by Crippen LogP contribution is -2.13. The van der Waals surface area contributed by atoms with Crippen molar-refractivity contribution < 1.29 is 0 Å². The van der Waals surface area contributed by atoms with Gasteiger partial charge in [-0.1, -0.05) is 109 Å². The number of hydrogen-bond donors (Lipinski definition) is 0. The Kier molecular flexibility index (Phi) is 11.9. The molecule has 0 saturated heterocycles. The summed E-state index contributed by atoms with van der Waals surface area (Å²) in [5, 5.41) is 0. The molecule has 0 N–H and O–H groups in total. The molecule has 1 aromatic rings. The lowest BCUT2D eigenvalue weighted by Gasteiger charge is -2.29. The number of hydrogen-bond acceptors (Lipinski definition) is 0. The first-order valence-electron chi connectivity index (χ1n) is 12.4. The van der Waals surface area contributed by atoms with E-state index in [0.717, 1.165) is 11.8 Å². The Hall–Kier alpha value is -0.780. The third-order valence-electron chi connectivity index (χ3n) is 6.83. The first-order valence-corrected chi connectivity index (χ1v) is 12.4. The molecule has 0 spiro atoms. The van der Waals surface area contributed by atoms with Crippen molar-refractivity contribution in [2.45, 2.75) is 129 Å². The molecule has 0 aliphatic heterocycles. The van der Waals surface area contributed by atoms with Crippen LogP contribution >= 0.6 is 0 Å². The molecule has 0 radical (unpaired) electrons. The quantitative estimate of drug-likeness (QED) is 0.286. The molecule has 1 aliphatic rings. The molecule has 0 heterocycles. The lowest BCUT2D eigenvalue weighted by atomic mass is 9.77. The zero-order valence-electron chi connectivity index (χ0n) is 18.5. The highest BCUT2D eigenvalue weighted by Crippen LogP contribution is 2.37. The first kappa shape index (κ1) is 22.5. The standard InChI is InChI=1S/C27H46/c1-3-5-7-9-10-11-13-15-25-18-22-27(23-19-25)26-20-16-24(17-21-26)14-12-8-6-4-2/h16-17,20-21,25,27H,3-15,18-19,22-23H2,1-2H3. The molecule has 2 rings (SSSR count). The number of aryl methyl sites for hydroxylation is 1. The van der Waals surface area contributed by atoms with E-state index in [-0.39, 0.29) is 0 Å². The second-order valence-corrected chi connectivity index (χ2v) is 9.18. The second-order valence-electron chi connectivity index (χ2n) is 9.18. The molecule has 0 unspecified atom stereocenters. The molecule has 0 bridgehead atoms. The summed E-state index contributed by atoms with van der Waals surface area (Å²) in [5.74, 6) is 1.86. The van der Waals surface area contributed by atoms with Crippen molar-refractivity contribution in [1.82, 2.24) is 0 Å².